The summed E-state index contributed by atoms with van der Waals surface area (Å²) in [5.74, 6) is -1.71. The van der Waals surface area contributed by atoms with Crippen LogP contribution in [0.4, 0.5) is 0 Å². The number of nitrogens with one attached hydrogen (secondary N) is 1. The van der Waals surface area contributed by atoms with Crippen molar-refractivity contribution in [2.75, 3.05) is 24.7 Å². The largest absolute Gasteiger partial charge is 0.480 e. The minimum absolute atomic E-state index is 0.0553. The number of rotatable bonds is 5. The first-order valence-corrected chi connectivity index (χ1v) is 6.86. The molecule has 0 bridgehead atoms. The topological polar surface area (TPSA) is 110 Å². The van der Waals surface area contributed by atoms with Crippen LogP contribution in [-0.4, -0.2) is 55.7 Å². The number of carboxylic acid groups (broad SMARTS) is 1. The molecule has 0 aliphatic carbocycles. The summed E-state index contributed by atoms with van der Waals surface area (Å²) in [6.07, 6.45) is 0.361. The molecule has 0 aromatic rings. The van der Waals surface area contributed by atoms with Gasteiger partial charge in [-0.25, -0.2) is 13.2 Å². The Morgan fingerprint density at radius 3 is 2.53 bits per heavy atom. The van der Waals surface area contributed by atoms with Crippen molar-refractivity contribution >= 4 is 21.7 Å². The van der Waals surface area contributed by atoms with E-state index in [1.54, 1.807) is 6.92 Å². The van der Waals surface area contributed by atoms with Crippen molar-refractivity contribution in [3.63, 3.8) is 0 Å². The molecular formula is C9H15NO6S. The van der Waals surface area contributed by atoms with Crippen LogP contribution in [0.5, 0.6) is 0 Å². The number of aliphatic carboxylic acids is 1. The SMILES string of the molecule is CC1(NC(=O)COCC(=O)O)CCS(=O)(=O)C1. The lowest BCUT2D eigenvalue weighted by molar-refractivity contribution is -0.143. The van der Waals surface area contributed by atoms with Gasteiger partial charge in [-0.1, -0.05) is 0 Å². The van der Waals surface area contributed by atoms with E-state index < -0.39 is 33.9 Å². The summed E-state index contributed by atoms with van der Waals surface area (Å²) in [4.78, 5) is 21.5. The van der Waals surface area contributed by atoms with E-state index in [-0.39, 0.29) is 18.1 Å². The highest BCUT2D eigenvalue weighted by molar-refractivity contribution is 7.91. The molecule has 1 atom stereocenters. The van der Waals surface area contributed by atoms with Crippen molar-refractivity contribution in [2.45, 2.75) is 18.9 Å². The number of amides is 1. The number of carbonyl (C=O) groups excluding carboxylic acids is 1. The highest BCUT2D eigenvalue weighted by Gasteiger charge is 2.39. The molecule has 1 rings (SSSR count). The second-order valence-electron chi connectivity index (χ2n) is 4.34. The van der Waals surface area contributed by atoms with Gasteiger partial charge in [-0.05, 0) is 13.3 Å². The fourth-order valence-corrected chi connectivity index (χ4v) is 3.81. The maximum absolute atomic E-state index is 11.4. The van der Waals surface area contributed by atoms with Crippen molar-refractivity contribution in [1.82, 2.24) is 5.32 Å². The molecular weight excluding hydrogens is 250 g/mol. The number of ether oxygens (including phenoxy) is 1. The molecule has 0 aromatic heterocycles. The number of hydrogen-bond acceptors (Lipinski definition) is 5. The molecule has 2 N–H and O–H groups in total. The Morgan fingerprint density at radius 2 is 2.06 bits per heavy atom. The molecule has 1 amide bonds. The average molecular weight is 265 g/mol. The van der Waals surface area contributed by atoms with Crippen LogP contribution in [0.1, 0.15) is 13.3 Å². The van der Waals surface area contributed by atoms with Gasteiger partial charge in [0.15, 0.2) is 9.84 Å². The predicted octanol–water partition coefficient (Wildman–Crippen LogP) is -1.22. The van der Waals surface area contributed by atoms with Crippen LogP contribution in [0.2, 0.25) is 0 Å². The fourth-order valence-electron chi connectivity index (χ4n) is 1.71. The highest BCUT2D eigenvalue weighted by atomic mass is 32.2. The standard InChI is InChI=1S/C9H15NO6S/c1-9(2-3-17(14,15)6-9)10-7(11)4-16-5-8(12)13/h2-6H2,1H3,(H,10,11)(H,12,13). The third-order valence-corrected chi connectivity index (χ3v) is 4.31. The van der Waals surface area contributed by atoms with E-state index in [1.807, 2.05) is 0 Å². The van der Waals surface area contributed by atoms with Gasteiger partial charge in [0.05, 0.1) is 17.0 Å². The van der Waals surface area contributed by atoms with E-state index in [4.69, 9.17) is 5.11 Å². The summed E-state index contributed by atoms with van der Waals surface area (Å²) in [5, 5.41) is 10.8. The van der Waals surface area contributed by atoms with Crippen LogP contribution < -0.4 is 5.32 Å². The van der Waals surface area contributed by atoms with Crippen LogP contribution in [0, 0.1) is 0 Å². The summed E-state index contributed by atoms with van der Waals surface area (Å²) >= 11 is 0. The number of carbonyl (C=O) groups is 2. The lowest BCUT2D eigenvalue weighted by atomic mass is 10.0. The summed E-state index contributed by atoms with van der Waals surface area (Å²) in [6, 6.07) is 0. The monoisotopic (exact) mass is 265 g/mol. The number of hydrogen-bond donors (Lipinski definition) is 2. The first kappa shape index (κ1) is 13.9. The van der Waals surface area contributed by atoms with Gasteiger partial charge < -0.3 is 15.2 Å². The van der Waals surface area contributed by atoms with Gasteiger partial charge in [0.25, 0.3) is 0 Å². The van der Waals surface area contributed by atoms with Gasteiger partial charge in [-0.3, -0.25) is 4.79 Å². The smallest absolute Gasteiger partial charge is 0.329 e. The second-order valence-corrected chi connectivity index (χ2v) is 6.52. The molecule has 0 aromatic carbocycles. The Labute approximate surface area is 99.1 Å². The van der Waals surface area contributed by atoms with Crippen LogP contribution in [-0.2, 0) is 24.2 Å². The van der Waals surface area contributed by atoms with Gasteiger partial charge in [0.2, 0.25) is 5.91 Å². The molecule has 1 unspecified atom stereocenters. The first-order valence-electron chi connectivity index (χ1n) is 5.03. The predicted molar refractivity (Wildman–Crippen MR) is 58.3 cm³/mol. The lowest BCUT2D eigenvalue weighted by Gasteiger charge is -2.23. The Morgan fingerprint density at radius 1 is 1.41 bits per heavy atom. The van der Waals surface area contributed by atoms with Gasteiger partial charge >= 0.3 is 5.97 Å². The molecule has 7 nitrogen and oxygen atoms in total. The van der Waals surface area contributed by atoms with E-state index in [1.165, 1.54) is 0 Å². The fraction of sp³-hybridized carbons (Fsp3) is 0.778. The van der Waals surface area contributed by atoms with E-state index in [2.05, 4.69) is 10.1 Å². The molecule has 1 saturated heterocycles. The van der Waals surface area contributed by atoms with Crippen molar-refractivity contribution in [2.24, 2.45) is 0 Å². The van der Waals surface area contributed by atoms with Crippen LogP contribution in [0.25, 0.3) is 0 Å². The van der Waals surface area contributed by atoms with Crippen molar-refractivity contribution in [3.8, 4) is 0 Å². The van der Waals surface area contributed by atoms with Gasteiger partial charge in [-0.2, -0.15) is 0 Å². The number of sulfone groups is 1. The second kappa shape index (κ2) is 5.01. The van der Waals surface area contributed by atoms with Crippen LogP contribution in [0.15, 0.2) is 0 Å². The molecule has 1 fully saturated rings. The lowest BCUT2D eigenvalue weighted by Crippen LogP contribution is -2.48. The van der Waals surface area contributed by atoms with Crippen LogP contribution in [0.3, 0.4) is 0 Å². The van der Waals surface area contributed by atoms with Gasteiger partial charge in [0.1, 0.15) is 13.2 Å². The summed E-state index contributed by atoms with van der Waals surface area (Å²) < 4.78 is 27.1. The van der Waals surface area contributed by atoms with Crippen molar-refractivity contribution in [3.05, 3.63) is 0 Å². The molecule has 98 valence electrons. The summed E-state index contributed by atoms with van der Waals surface area (Å²) in [7, 11) is -3.08. The minimum atomic E-state index is -3.08. The maximum Gasteiger partial charge on any atom is 0.329 e. The van der Waals surface area contributed by atoms with Gasteiger partial charge in [-0.15, -0.1) is 0 Å². The molecule has 0 saturated carbocycles. The molecule has 8 heteroatoms. The zero-order valence-corrected chi connectivity index (χ0v) is 10.2. The molecule has 1 heterocycles. The van der Waals surface area contributed by atoms with Crippen molar-refractivity contribution < 1.29 is 27.9 Å². The highest BCUT2D eigenvalue weighted by Crippen LogP contribution is 2.22. The quantitative estimate of drug-likeness (QED) is 0.645. The Bertz CT molecular complexity index is 417. The summed E-state index contributed by atoms with van der Waals surface area (Å²) in [6.45, 7) is 0.705. The Balaban J connectivity index is 2.39. The normalized spacial score (nSPS) is 26.6. The third-order valence-electron chi connectivity index (χ3n) is 2.40. The molecule has 1 aliphatic rings. The van der Waals surface area contributed by atoms with E-state index >= 15 is 0 Å². The van der Waals surface area contributed by atoms with Crippen molar-refractivity contribution in [1.29, 1.82) is 0 Å². The summed E-state index contributed by atoms with van der Waals surface area (Å²) in [5.41, 5.74) is -0.775. The third kappa shape index (κ3) is 4.70. The van der Waals surface area contributed by atoms with E-state index in [0.717, 1.165) is 0 Å². The van der Waals surface area contributed by atoms with E-state index in [9.17, 15) is 18.0 Å². The first-order chi connectivity index (χ1) is 7.72. The molecule has 17 heavy (non-hydrogen) atoms. The maximum atomic E-state index is 11.4. The van der Waals surface area contributed by atoms with Gasteiger partial charge in [0, 0.05) is 0 Å². The number of carboxylic acids is 1. The molecule has 1 aliphatic heterocycles. The average Bonchev–Trinajstić information content (AvgIpc) is 2.39. The zero-order valence-electron chi connectivity index (χ0n) is 9.43. The van der Waals surface area contributed by atoms with Crippen LogP contribution >= 0.6 is 0 Å². The minimum Gasteiger partial charge on any atom is -0.480 e. The zero-order chi connectivity index (χ0) is 13.1. The molecule has 0 radical (unpaired) electrons. The van der Waals surface area contributed by atoms with E-state index in [0.29, 0.717) is 6.42 Å². The Hall–Kier alpha value is -1.15. The Kier molecular flexibility index (Phi) is 4.10. The molecule has 0 spiro atoms.